The molecule has 2 atom stereocenters. The fraction of sp³-hybridized carbons (Fsp3) is 0.688. The maximum atomic E-state index is 12.5. The van der Waals surface area contributed by atoms with Gasteiger partial charge in [0.15, 0.2) is 0 Å². The Labute approximate surface area is 124 Å². The second-order valence-electron chi connectivity index (χ2n) is 6.61. The Bertz CT molecular complexity index is 647. The summed E-state index contributed by atoms with van der Waals surface area (Å²) in [6.07, 6.45) is 5.97. The summed E-state index contributed by atoms with van der Waals surface area (Å²) < 4.78 is 1.64. The van der Waals surface area contributed by atoms with Crippen LogP contribution in [0.2, 0.25) is 0 Å². The van der Waals surface area contributed by atoms with Crippen LogP contribution < -0.4 is 5.56 Å². The summed E-state index contributed by atoms with van der Waals surface area (Å²) in [5, 5.41) is 0. The van der Waals surface area contributed by atoms with Crippen LogP contribution in [0.25, 0.3) is 0 Å². The Hall–Kier alpha value is -1.65. The van der Waals surface area contributed by atoms with Crippen LogP contribution in [0, 0.1) is 17.8 Å². The lowest BCUT2D eigenvalue weighted by Crippen LogP contribution is -2.41. The number of carbonyl (C=O) groups excluding carboxylic acids is 1. The normalized spacial score (nSPS) is 27.4. The summed E-state index contributed by atoms with van der Waals surface area (Å²) in [6.45, 7) is 3.78. The molecule has 1 aromatic rings. The molecule has 1 aromatic heterocycles. The molecule has 0 saturated heterocycles. The topological polar surface area (TPSA) is 55.2 Å². The number of amides is 1. The van der Waals surface area contributed by atoms with Crippen molar-refractivity contribution in [3.8, 4) is 0 Å². The molecule has 2 aliphatic carbocycles. The van der Waals surface area contributed by atoms with Crippen molar-refractivity contribution in [2.75, 3.05) is 6.54 Å². The minimum atomic E-state index is 0.0666. The van der Waals surface area contributed by atoms with Crippen molar-refractivity contribution < 1.29 is 4.79 Å². The van der Waals surface area contributed by atoms with Gasteiger partial charge in [0.25, 0.3) is 5.56 Å². The second kappa shape index (κ2) is 4.68. The van der Waals surface area contributed by atoms with Gasteiger partial charge < -0.3 is 4.90 Å². The van der Waals surface area contributed by atoms with Gasteiger partial charge in [-0.2, -0.15) is 0 Å². The summed E-state index contributed by atoms with van der Waals surface area (Å²) in [5.74, 6) is 2.03. The number of hydrogen-bond acceptors (Lipinski definition) is 3. The molecule has 2 fully saturated rings. The van der Waals surface area contributed by atoms with E-state index >= 15 is 0 Å². The van der Waals surface area contributed by atoms with Gasteiger partial charge in [-0.05, 0) is 44.4 Å². The molecule has 0 spiro atoms. The molecular weight excluding hydrogens is 266 g/mol. The van der Waals surface area contributed by atoms with Crippen LogP contribution in [0.3, 0.4) is 0 Å². The molecule has 0 radical (unpaired) electrons. The van der Waals surface area contributed by atoms with Crippen LogP contribution >= 0.6 is 0 Å². The molecule has 5 heteroatoms. The number of carbonyl (C=O) groups is 1. The standard InChI is InChI=1S/C16H21N3O2/c1-2-18-9-17-14-8-19(6-5-11(14)15(18)20)16(21)13-7-12(13)10-3-4-10/h9-10,12-13H,2-8H2,1H3. The molecule has 2 unspecified atom stereocenters. The highest BCUT2D eigenvalue weighted by atomic mass is 16.2. The van der Waals surface area contributed by atoms with E-state index in [0.29, 0.717) is 37.9 Å². The van der Waals surface area contributed by atoms with Gasteiger partial charge in [-0.1, -0.05) is 0 Å². The third-order valence-electron chi connectivity index (χ3n) is 5.23. The van der Waals surface area contributed by atoms with E-state index in [-0.39, 0.29) is 11.5 Å². The zero-order chi connectivity index (χ0) is 14.6. The number of hydrogen-bond donors (Lipinski definition) is 0. The first kappa shape index (κ1) is 13.0. The molecule has 1 amide bonds. The van der Waals surface area contributed by atoms with Crippen LogP contribution in [0.15, 0.2) is 11.1 Å². The maximum absolute atomic E-state index is 12.5. The largest absolute Gasteiger partial charge is 0.336 e. The molecule has 5 nitrogen and oxygen atoms in total. The predicted octanol–water partition coefficient (Wildman–Crippen LogP) is 1.19. The first-order chi connectivity index (χ1) is 10.2. The molecule has 112 valence electrons. The Kier molecular flexibility index (Phi) is 2.91. The van der Waals surface area contributed by atoms with Crippen LogP contribution in [-0.2, 0) is 24.3 Å². The number of aryl methyl sites for hydroxylation is 1. The third kappa shape index (κ3) is 2.19. The molecule has 2 saturated carbocycles. The summed E-state index contributed by atoms with van der Waals surface area (Å²) in [4.78, 5) is 31.1. The van der Waals surface area contributed by atoms with E-state index in [1.54, 1.807) is 10.9 Å². The van der Waals surface area contributed by atoms with Crippen LogP contribution in [0.1, 0.15) is 37.4 Å². The van der Waals surface area contributed by atoms with E-state index in [0.717, 1.165) is 23.6 Å². The quantitative estimate of drug-likeness (QED) is 0.839. The van der Waals surface area contributed by atoms with Gasteiger partial charge in [0, 0.05) is 24.6 Å². The molecule has 0 bridgehead atoms. The highest BCUT2D eigenvalue weighted by Crippen LogP contribution is 2.55. The summed E-state index contributed by atoms with van der Waals surface area (Å²) in [7, 11) is 0. The van der Waals surface area contributed by atoms with Gasteiger partial charge in [-0.25, -0.2) is 4.98 Å². The first-order valence-electron chi connectivity index (χ1n) is 8.05. The molecule has 3 aliphatic rings. The maximum Gasteiger partial charge on any atom is 0.256 e. The van der Waals surface area contributed by atoms with E-state index < -0.39 is 0 Å². The molecule has 21 heavy (non-hydrogen) atoms. The fourth-order valence-corrected chi connectivity index (χ4v) is 3.65. The van der Waals surface area contributed by atoms with E-state index in [1.807, 2.05) is 11.8 Å². The van der Waals surface area contributed by atoms with E-state index in [9.17, 15) is 9.59 Å². The van der Waals surface area contributed by atoms with Gasteiger partial charge >= 0.3 is 0 Å². The number of rotatable bonds is 3. The summed E-state index contributed by atoms with van der Waals surface area (Å²) >= 11 is 0. The van der Waals surface area contributed by atoms with Gasteiger partial charge in [0.1, 0.15) is 0 Å². The predicted molar refractivity (Wildman–Crippen MR) is 77.6 cm³/mol. The number of aromatic nitrogens is 2. The zero-order valence-electron chi connectivity index (χ0n) is 12.4. The molecular formula is C16H21N3O2. The van der Waals surface area contributed by atoms with Crippen molar-refractivity contribution in [1.82, 2.24) is 14.5 Å². The molecule has 4 rings (SSSR count). The highest BCUT2D eigenvalue weighted by molar-refractivity contribution is 5.82. The van der Waals surface area contributed by atoms with Gasteiger partial charge in [0.2, 0.25) is 5.91 Å². The second-order valence-corrected chi connectivity index (χ2v) is 6.61. The lowest BCUT2D eigenvalue weighted by Gasteiger charge is -2.28. The first-order valence-corrected chi connectivity index (χ1v) is 8.05. The summed E-state index contributed by atoms with van der Waals surface area (Å²) in [6, 6.07) is 0. The Morgan fingerprint density at radius 2 is 2.24 bits per heavy atom. The average Bonchev–Trinajstić information content (AvgIpc) is 3.38. The monoisotopic (exact) mass is 287 g/mol. The van der Waals surface area contributed by atoms with Crippen LogP contribution in [-0.4, -0.2) is 26.9 Å². The Morgan fingerprint density at radius 1 is 1.43 bits per heavy atom. The smallest absolute Gasteiger partial charge is 0.256 e. The highest BCUT2D eigenvalue weighted by Gasteiger charge is 2.52. The van der Waals surface area contributed by atoms with Crippen molar-refractivity contribution >= 4 is 5.91 Å². The minimum absolute atomic E-state index is 0.0666. The Balaban J connectivity index is 1.50. The molecule has 0 N–H and O–H groups in total. The fourth-order valence-electron chi connectivity index (χ4n) is 3.65. The van der Waals surface area contributed by atoms with Crippen molar-refractivity contribution in [2.45, 2.75) is 45.7 Å². The molecule has 2 heterocycles. The van der Waals surface area contributed by atoms with Gasteiger partial charge in [-0.3, -0.25) is 14.2 Å². The van der Waals surface area contributed by atoms with E-state index in [1.165, 1.54) is 12.8 Å². The van der Waals surface area contributed by atoms with Crippen LogP contribution in [0.5, 0.6) is 0 Å². The van der Waals surface area contributed by atoms with Gasteiger partial charge in [-0.15, -0.1) is 0 Å². The lowest BCUT2D eigenvalue weighted by molar-refractivity contribution is -0.134. The number of nitrogens with zero attached hydrogens (tertiary/aromatic N) is 3. The van der Waals surface area contributed by atoms with E-state index in [2.05, 4.69) is 4.98 Å². The van der Waals surface area contributed by atoms with Crippen molar-refractivity contribution in [1.29, 1.82) is 0 Å². The third-order valence-corrected chi connectivity index (χ3v) is 5.23. The van der Waals surface area contributed by atoms with E-state index in [4.69, 9.17) is 0 Å². The SMILES string of the molecule is CCn1cnc2c(c1=O)CCN(C(=O)C1CC1C1CC1)C2. The molecule has 0 aromatic carbocycles. The number of fused-ring (bicyclic) bond motifs is 1. The minimum Gasteiger partial charge on any atom is -0.336 e. The van der Waals surface area contributed by atoms with Crippen molar-refractivity contribution in [3.05, 3.63) is 27.9 Å². The van der Waals surface area contributed by atoms with Crippen molar-refractivity contribution in [3.63, 3.8) is 0 Å². The Morgan fingerprint density at radius 3 is 2.95 bits per heavy atom. The average molecular weight is 287 g/mol. The lowest BCUT2D eigenvalue weighted by atomic mass is 10.1. The van der Waals surface area contributed by atoms with Crippen LogP contribution in [0.4, 0.5) is 0 Å². The zero-order valence-corrected chi connectivity index (χ0v) is 12.4. The molecule has 1 aliphatic heterocycles. The van der Waals surface area contributed by atoms with Gasteiger partial charge in [0.05, 0.1) is 18.6 Å². The summed E-state index contributed by atoms with van der Waals surface area (Å²) in [5.41, 5.74) is 1.67. The van der Waals surface area contributed by atoms with Crippen molar-refractivity contribution in [2.24, 2.45) is 17.8 Å².